The lowest BCUT2D eigenvalue weighted by Crippen LogP contribution is -2.52. The topological polar surface area (TPSA) is 52.1 Å². The summed E-state index contributed by atoms with van der Waals surface area (Å²) in [4.78, 5) is 9.97. The molecule has 1 aliphatic heterocycles. The Labute approximate surface area is 184 Å². The van der Waals surface area contributed by atoms with E-state index in [-0.39, 0.29) is 0 Å². The van der Waals surface area contributed by atoms with Gasteiger partial charge in [-0.3, -0.25) is 9.89 Å². The maximum atomic E-state index is 5.26. The van der Waals surface area contributed by atoms with Gasteiger partial charge in [-0.2, -0.15) is 0 Å². The van der Waals surface area contributed by atoms with Gasteiger partial charge in [0.25, 0.3) is 0 Å². The zero-order chi connectivity index (χ0) is 21.9. The number of piperazine rings is 1. The first kappa shape index (κ1) is 24.5. The number of methoxy groups -OCH3 is 1. The third-order valence-electron chi connectivity index (χ3n) is 6.11. The fraction of sp³-hybridized carbons (Fsp3) is 0.708. The molecule has 0 bridgehead atoms. The number of hydrogen-bond donors (Lipinski definition) is 2. The van der Waals surface area contributed by atoms with Crippen molar-refractivity contribution in [3.63, 3.8) is 0 Å². The highest BCUT2D eigenvalue weighted by Gasteiger charge is 2.24. The quantitative estimate of drug-likeness (QED) is 0.453. The minimum absolute atomic E-state index is 0.486. The Morgan fingerprint density at radius 3 is 2.30 bits per heavy atom. The van der Waals surface area contributed by atoms with Crippen LogP contribution < -0.4 is 15.4 Å². The summed E-state index contributed by atoms with van der Waals surface area (Å²) in [5, 5.41) is 6.95. The molecule has 2 N–H and O–H groups in total. The van der Waals surface area contributed by atoms with Gasteiger partial charge in [-0.25, -0.2) is 0 Å². The molecule has 0 spiro atoms. The van der Waals surface area contributed by atoms with Crippen molar-refractivity contribution in [2.45, 2.75) is 46.1 Å². The Morgan fingerprint density at radius 2 is 1.73 bits per heavy atom. The van der Waals surface area contributed by atoms with Crippen LogP contribution in [0, 0.1) is 5.92 Å². The van der Waals surface area contributed by atoms with Crippen molar-refractivity contribution < 1.29 is 4.74 Å². The summed E-state index contributed by atoms with van der Waals surface area (Å²) in [6, 6.07) is 8.88. The third kappa shape index (κ3) is 7.80. The minimum Gasteiger partial charge on any atom is -0.497 e. The number of benzene rings is 1. The molecule has 1 saturated heterocycles. The van der Waals surface area contributed by atoms with Crippen LogP contribution in [-0.2, 0) is 0 Å². The molecular weight excluding hydrogens is 374 g/mol. The molecule has 2 rings (SSSR count). The number of ether oxygens (including phenoxy) is 1. The number of aliphatic imine (C=N–C) groups is 1. The Hall–Kier alpha value is -1.79. The number of hydrogen-bond acceptors (Lipinski definition) is 4. The first-order valence-electron chi connectivity index (χ1n) is 11.5. The number of nitrogens with one attached hydrogen (secondary N) is 2. The predicted molar refractivity (Wildman–Crippen MR) is 128 cm³/mol. The molecule has 6 heteroatoms. The molecular formula is C24H43N5O. The summed E-state index contributed by atoms with van der Waals surface area (Å²) in [5.41, 5.74) is 1.34. The average Bonchev–Trinajstić information content (AvgIpc) is 2.74. The molecule has 0 saturated carbocycles. The van der Waals surface area contributed by atoms with E-state index in [0.29, 0.717) is 17.9 Å². The fourth-order valence-corrected chi connectivity index (χ4v) is 3.93. The second kappa shape index (κ2) is 12.8. The van der Waals surface area contributed by atoms with Gasteiger partial charge < -0.3 is 20.3 Å². The molecule has 1 aromatic rings. The normalized spacial score (nSPS) is 18.3. The van der Waals surface area contributed by atoms with Crippen LogP contribution in [0.2, 0.25) is 0 Å². The highest BCUT2D eigenvalue weighted by atomic mass is 16.5. The summed E-state index contributed by atoms with van der Waals surface area (Å²) >= 11 is 0. The van der Waals surface area contributed by atoms with Gasteiger partial charge in [0.15, 0.2) is 5.96 Å². The zero-order valence-electron chi connectivity index (χ0n) is 19.9. The van der Waals surface area contributed by atoms with E-state index in [4.69, 9.17) is 9.73 Å². The highest BCUT2D eigenvalue weighted by Crippen LogP contribution is 2.21. The first-order valence-corrected chi connectivity index (χ1v) is 11.5. The van der Waals surface area contributed by atoms with Gasteiger partial charge in [0, 0.05) is 45.3 Å². The second-order valence-corrected chi connectivity index (χ2v) is 8.76. The lowest BCUT2D eigenvalue weighted by atomic mass is 9.98. The van der Waals surface area contributed by atoms with Crippen molar-refractivity contribution in [3.05, 3.63) is 29.8 Å². The van der Waals surface area contributed by atoms with E-state index < -0.39 is 0 Å². The Kier molecular flexibility index (Phi) is 10.4. The Morgan fingerprint density at radius 1 is 1.07 bits per heavy atom. The van der Waals surface area contributed by atoms with Gasteiger partial charge >= 0.3 is 0 Å². The molecule has 6 nitrogen and oxygen atoms in total. The van der Waals surface area contributed by atoms with Crippen LogP contribution in [0.4, 0.5) is 0 Å². The average molecular weight is 418 g/mol. The van der Waals surface area contributed by atoms with Crippen LogP contribution in [0.3, 0.4) is 0 Å². The molecule has 1 fully saturated rings. The van der Waals surface area contributed by atoms with E-state index in [1.54, 1.807) is 7.11 Å². The maximum absolute atomic E-state index is 5.26. The predicted octanol–water partition coefficient (Wildman–Crippen LogP) is 3.02. The van der Waals surface area contributed by atoms with Crippen molar-refractivity contribution >= 4 is 5.96 Å². The van der Waals surface area contributed by atoms with Crippen LogP contribution >= 0.6 is 0 Å². The van der Waals surface area contributed by atoms with Crippen LogP contribution in [0.1, 0.15) is 45.6 Å². The van der Waals surface area contributed by atoms with Crippen molar-refractivity contribution in [2.75, 3.05) is 60.0 Å². The summed E-state index contributed by atoms with van der Waals surface area (Å²) in [6.45, 7) is 16.2. The van der Waals surface area contributed by atoms with Crippen molar-refractivity contribution in [3.8, 4) is 5.75 Å². The van der Waals surface area contributed by atoms with Gasteiger partial charge in [-0.05, 0) is 49.9 Å². The Balaban J connectivity index is 1.87. The van der Waals surface area contributed by atoms with Gasteiger partial charge in [-0.1, -0.05) is 32.9 Å². The van der Waals surface area contributed by atoms with E-state index in [0.717, 1.165) is 63.9 Å². The molecule has 2 atom stereocenters. The van der Waals surface area contributed by atoms with E-state index >= 15 is 0 Å². The van der Waals surface area contributed by atoms with Crippen molar-refractivity contribution in [1.29, 1.82) is 0 Å². The molecule has 1 aromatic carbocycles. The molecule has 0 radical (unpaired) electrons. The lowest BCUT2D eigenvalue weighted by molar-refractivity contribution is 0.0925. The molecule has 170 valence electrons. The number of nitrogens with zero attached hydrogens (tertiary/aromatic N) is 3. The standard InChI is InChI=1S/C24H43N5O/c1-7-25-24(26-13-12-20(4)21-8-10-22(30-6)11-9-21)27-18-23(19(2)3)29-16-14-28(5)15-17-29/h8-11,19-20,23H,7,12-18H2,1-6H3,(H2,25,26,27). The monoisotopic (exact) mass is 417 g/mol. The SMILES string of the molecule is CCNC(=NCC(C(C)C)N1CCN(C)CC1)NCCC(C)c1ccc(OC)cc1. The van der Waals surface area contributed by atoms with Crippen molar-refractivity contribution in [1.82, 2.24) is 20.4 Å². The van der Waals surface area contributed by atoms with Crippen LogP contribution in [-0.4, -0.2) is 81.8 Å². The zero-order valence-corrected chi connectivity index (χ0v) is 19.9. The summed E-state index contributed by atoms with van der Waals surface area (Å²) in [7, 11) is 3.91. The fourth-order valence-electron chi connectivity index (χ4n) is 3.93. The second-order valence-electron chi connectivity index (χ2n) is 8.76. The third-order valence-corrected chi connectivity index (χ3v) is 6.11. The Bertz CT molecular complexity index is 623. The van der Waals surface area contributed by atoms with E-state index in [1.807, 2.05) is 12.1 Å². The first-order chi connectivity index (χ1) is 14.4. The molecule has 1 heterocycles. The van der Waals surface area contributed by atoms with E-state index in [2.05, 4.69) is 67.3 Å². The summed E-state index contributed by atoms with van der Waals surface area (Å²) in [5.74, 6) is 2.92. The number of rotatable bonds is 10. The van der Waals surface area contributed by atoms with Crippen LogP contribution in [0.5, 0.6) is 5.75 Å². The summed E-state index contributed by atoms with van der Waals surface area (Å²) in [6.07, 6.45) is 1.06. The van der Waals surface area contributed by atoms with E-state index in [1.165, 1.54) is 5.56 Å². The highest BCUT2D eigenvalue weighted by molar-refractivity contribution is 5.79. The van der Waals surface area contributed by atoms with Crippen molar-refractivity contribution in [2.24, 2.45) is 10.9 Å². The van der Waals surface area contributed by atoms with Gasteiger partial charge in [-0.15, -0.1) is 0 Å². The number of likely N-dealkylation sites (N-methyl/N-ethyl adjacent to an activating group) is 1. The van der Waals surface area contributed by atoms with Gasteiger partial charge in [0.05, 0.1) is 13.7 Å². The minimum atomic E-state index is 0.486. The maximum Gasteiger partial charge on any atom is 0.191 e. The van der Waals surface area contributed by atoms with Gasteiger partial charge in [0.1, 0.15) is 5.75 Å². The molecule has 0 aromatic heterocycles. The largest absolute Gasteiger partial charge is 0.497 e. The van der Waals surface area contributed by atoms with Crippen LogP contribution in [0.25, 0.3) is 0 Å². The molecule has 1 aliphatic rings. The van der Waals surface area contributed by atoms with E-state index in [9.17, 15) is 0 Å². The van der Waals surface area contributed by atoms with Crippen LogP contribution in [0.15, 0.2) is 29.3 Å². The molecule has 30 heavy (non-hydrogen) atoms. The smallest absolute Gasteiger partial charge is 0.191 e. The molecule has 2 unspecified atom stereocenters. The molecule has 0 amide bonds. The van der Waals surface area contributed by atoms with Gasteiger partial charge in [0.2, 0.25) is 0 Å². The summed E-state index contributed by atoms with van der Waals surface area (Å²) < 4.78 is 5.26. The number of guanidine groups is 1. The molecule has 0 aliphatic carbocycles. The lowest BCUT2D eigenvalue weighted by Gasteiger charge is -2.39.